The lowest BCUT2D eigenvalue weighted by Gasteiger charge is -2.43. The fraction of sp³-hybridized carbons (Fsp3) is 0.484. The van der Waals surface area contributed by atoms with E-state index in [0.29, 0.717) is 45.8 Å². The van der Waals surface area contributed by atoms with Crippen molar-refractivity contribution in [2.45, 2.75) is 38.4 Å². The van der Waals surface area contributed by atoms with E-state index in [1.54, 1.807) is 0 Å². The predicted octanol–water partition coefficient (Wildman–Crippen LogP) is 2.24. The number of aryl methyl sites for hydroxylation is 1. The second-order valence-corrected chi connectivity index (χ2v) is 11.4. The van der Waals surface area contributed by atoms with Crippen molar-refractivity contribution in [3.8, 4) is 6.07 Å². The molecule has 4 aliphatic heterocycles. The van der Waals surface area contributed by atoms with E-state index in [4.69, 9.17) is 14.7 Å². The molecule has 3 fully saturated rings. The predicted molar refractivity (Wildman–Crippen MR) is 158 cm³/mol. The molecule has 0 aliphatic carbocycles. The van der Waals surface area contributed by atoms with Gasteiger partial charge in [-0.25, -0.2) is 4.98 Å². The minimum absolute atomic E-state index is 0.0915. The Morgan fingerprint density at radius 3 is 2.63 bits per heavy atom. The molecule has 212 valence electrons. The van der Waals surface area contributed by atoms with Gasteiger partial charge in [-0.05, 0) is 30.4 Å². The van der Waals surface area contributed by atoms with E-state index in [9.17, 15) is 10.1 Å². The normalized spacial score (nSPS) is 22.4. The van der Waals surface area contributed by atoms with E-state index in [2.05, 4.69) is 69.4 Å². The van der Waals surface area contributed by atoms with Crippen molar-refractivity contribution in [2.24, 2.45) is 0 Å². The molecule has 1 aromatic heterocycles. The smallest absolute Gasteiger partial charge is 0.241 e. The highest BCUT2D eigenvalue weighted by Gasteiger charge is 2.39. The number of benzene rings is 2. The monoisotopic (exact) mass is 552 g/mol. The molecule has 3 saturated heterocycles. The molecule has 4 aliphatic rings. The molecule has 0 radical (unpaired) electrons. The van der Waals surface area contributed by atoms with Gasteiger partial charge in [-0.2, -0.15) is 10.2 Å². The highest BCUT2D eigenvalue weighted by Crippen LogP contribution is 2.36. The van der Waals surface area contributed by atoms with Crippen molar-refractivity contribution in [1.29, 1.82) is 5.26 Å². The Balaban J connectivity index is 1.24. The number of piperazine rings is 1. The number of rotatable bonds is 5. The van der Waals surface area contributed by atoms with E-state index >= 15 is 0 Å². The molecule has 0 saturated carbocycles. The lowest BCUT2D eigenvalue weighted by molar-refractivity contribution is -0.133. The second kappa shape index (κ2) is 10.8. The number of nitrogens with one attached hydrogen (secondary N) is 1. The van der Waals surface area contributed by atoms with E-state index in [0.717, 1.165) is 50.1 Å². The number of aromatic nitrogens is 2. The van der Waals surface area contributed by atoms with Crippen LogP contribution in [0.5, 0.6) is 0 Å². The van der Waals surface area contributed by atoms with E-state index in [1.165, 1.54) is 27.6 Å². The van der Waals surface area contributed by atoms with Crippen LogP contribution in [-0.4, -0.2) is 91.9 Å². The summed E-state index contributed by atoms with van der Waals surface area (Å²) in [6.45, 7) is 9.24. The van der Waals surface area contributed by atoms with Crippen LogP contribution in [0.3, 0.4) is 0 Å². The molecule has 41 heavy (non-hydrogen) atoms. The van der Waals surface area contributed by atoms with Crippen LogP contribution >= 0.6 is 0 Å². The van der Waals surface area contributed by atoms with Gasteiger partial charge >= 0.3 is 0 Å². The van der Waals surface area contributed by atoms with Crippen LogP contribution in [0.2, 0.25) is 0 Å². The van der Waals surface area contributed by atoms with E-state index in [1.807, 2.05) is 4.90 Å². The van der Waals surface area contributed by atoms with Gasteiger partial charge in [-0.1, -0.05) is 30.3 Å². The molecule has 10 heteroatoms. The lowest BCUT2D eigenvalue weighted by Crippen LogP contribution is -2.57. The van der Waals surface area contributed by atoms with Crippen molar-refractivity contribution in [2.75, 3.05) is 73.7 Å². The third kappa shape index (κ3) is 4.94. The molecular weight excluding hydrogens is 516 g/mol. The van der Waals surface area contributed by atoms with Gasteiger partial charge in [0.05, 0.1) is 50.0 Å². The van der Waals surface area contributed by atoms with Gasteiger partial charge < -0.3 is 29.7 Å². The number of morpholine rings is 1. The Kier molecular flexibility index (Phi) is 6.85. The zero-order chi connectivity index (χ0) is 27.9. The Morgan fingerprint density at radius 1 is 1.05 bits per heavy atom. The number of hydrogen-bond acceptors (Lipinski definition) is 9. The number of ether oxygens (including phenoxy) is 1. The van der Waals surface area contributed by atoms with Crippen LogP contribution in [-0.2, 0) is 22.5 Å². The number of hydrogen-bond donors (Lipinski definition) is 1. The Morgan fingerprint density at radius 2 is 1.85 bits per heavy atom. The number of fused-ring (bicyclic) bond motifs is 2. The summed E-state index contributed by atoms with van der Waals surface area (Å²) in [6.07, 6.45) is 1.15. The largest absolute Gasteiger partial charge is 0.378 e. The number of carbonyl (C=O) groups excluding carboxylic acids is 1. The zero-order valence-corrected chi connectivity index (χ0v) is 23.6. The SMILES string of the molecule is Cc1cccc2cccc(N3CCc4c(nc(N5CCOCC5)nc4N4CCN(C(=O)[C@H]5CN5)[C@@H](CC#N)C4)C3)c12. The standard InChI is InChI=1S/C31H36N8O2/c1-21-4-2-5-22-6-3-7-27(28(21)22)37-11-9-24-26(20-37)34-31(36-14-16-41-17-15-36)35-29(24)38-12-13-39(23(19-38)8-10-32)30(40)25-18-33-25/h2-7,23,25,33H,8-9,11-20H2,1H3/t23-,25+/m0/s1. The van der Waals surface area contributed by atoms with Crippen LogP contribution < -0.4 is 20.0 Å². The first-order valence-corrected chi connectivity index (χ1v) is 14.7. The van der Waals surface area contributed by atoms with Gasteiger partial charge in [0, 0.05) is 62.5 Å². The Hall–Kier alpha value is -3.94. The summed E-state index contributed by atoms with van der Waals surface area (Å²) in [5, 5.41) is 15.3. The topological polar surface area (TPSA) is 111 Å². The van der Waals surface area contributed by atoms with Crippen molar-refractivity contribution in [3.63, 3.8) is 0 Å². The number of carbonyl (C=O) groups is 1. The minimum atomic E-state index is -0.153. The van der Waals surface area contributed by atoms with Gasteiger partial charge in [0.15, 0.2) is 0 Å². The summed E-state index contributed by atoms with van der Waals surface area (Å²) in [5.41, 5.74) is 4.77. The first-order valence-electron chi connectivity index (χ1n) is 14.7. The molecule has 1 N–H and O–H groups in total. The average Bonchev–Trinajstić information content (AvgIpc) is 3.86. The highest BCUT2D eigenvalue weighted by molar-refractivity contribution is 5.97. The maximum atomic E-state index is 13.0. The maximum absolute atomic E-state index is 13.0. The summed E-state index contributed by atoms with van der Waals surface area (Å²) < 4.78 is 5.62. The maximum Gasteiger partial charge on any atom is 0.241 e. The van der Waals surface area contributed by atoms with Crippen LogP contribution in [0.25, 0.3) is 10.8 Å². The van der Waals surface area contributed by atoms with Gasteiger partial charge in [0.1, 0.15) is 5.82 Å². The molecule has 5 heterocycles. The van der Waals surface area contributed by atoms with E-state index in [-0.39, 0.29) is 18.0 Å². The quantitative estimate of drug-likeness (QED) is 0.477. The van der Waals surface area contributed by atoms with Crippen molar-refractivity contribution in [1.82, 2.24) is 20.2 Å². The fourth-order valence-electron chi connectivity index (χ4n) is 6.59. The summed E-state index contributed by atoms with van der Waals surface area (Å²) in [4.78, 5) is 32.2. The molecule has 0 spiro atoms. The lowest BCUT2D eigenvalue weighted by atomic mass is 9.99. The van der Waals surface area contributed by atoms with Crippen molar-refractivity contribution >= 4 is 34.1 Å². The molecular formula is C31H36N8O2. The van der Waals surface area contributed by atoms with Gasteiger partial charge in [-0.3, -0.25) is 4.79 Å². The number of amides is 1. The summed E-state index contributed by atoms with van der Waals surface area (Å²) in [6, 6.07) is 15.1. The van der Waals surface area contributed by atoms with Crippen LogP contribution in [0.4, 0.5) is 17.5 Å². The van der Waals surface area contributed by atoms with Gasteiger partial charge in [0.2, 0.25) is 11.9 Å². The van der Waals surface area contributed by atoms with Crippen molar-refractivity contribution in [3.05, 3.63) is 53.2 Å². The second-order valence-electron chi connectivity index (χ2n) is 11.4. The van der Waals surface area contributed by atoms with Crippen molar-refractivity contribution < 1.29 is 9.53 Å². The summed E-state index contributed by atoms with van der Waals surface area (Å²) in [5.74, 6) is 1.82. The number of anilines is 3. The third-order valence-electron chi connectivity index (χ3n) is 8.86. The first kappa shape index (κ1) is 26.0. The minimum Gasteiger partial charge on any atom is -0.378 e. The summed E-state index contributed by atoms with van der Waals surface area (Å²) >= 11 is 0. The molecule has 7 rings (SSSR count). The Labute approximate surface area is 240 Å². The molecule has 2 atom stereocenters. The third-order valence-corrected chi connectivity index (χ3v) is 8.86. The van der Waals surface area contributed by atoms with Crippen LogP contribution in [0, 0.1) is 18.3 Å². The molecule has 2 aromatic carbocycles. The Bertz CT molecular complexity index is 1500. The van der Waals surface area contributed by atoms with Crippen LogP contribution in [0.1, 0.15) is 23.2 Å². The molecule has 3 aromatic rings. The van der Waals surface area contributed by atoms with Gasteiger partial charge in [0.25, 0.3) is 0 Å². The average molecular weight is 553 g/mol. The first-order chi connectivity index (χ1) is 20.1. The highest BCUT2D eigenvalue weighted by atomic mass is 16.5. The molecule has 10 nitrogen and oxygen atoms in total. The number of nitriles is 1. The molecule has 0 unspecified atom stereocenters. The molecule has 0 bridgehead atoms. The fourth-order valence-corrected chi connectivity index (χ4v) is 6.59. The zero-order valence-electron chi connectivity index (χ0n) is 23.6. The summed E-state index contributed by atoms with van der Waals surface area (Å²) in [7, 11) is 0. The van der Waals surface area contributed by atoms with Crippen LogP contribution in [0.15, 0.2) is 36.4 Å². The molecule has 1 amide bonds. The van der Waals surface area contributed by atoms with Gasteiger partial charge in [-0.15, -0.1) is 0 Å². The van der Waals surface area contributed by atoms with E-state index < -0.39 is 0 Å². The number of nitrogens with zero attached hydrogens (tertiary/aromatic N) is 7.